The summed E-state index contributed by atoms with van der Waals surface area (Å²) in [5.41, 5.74) is 5.79. The molecule has 108 valence electrons. The van der Waals surface area contributed by atoms with Crippen LogP contribution in [0.5, 0.6) is 0 Å². The summed E-state index contributed by atoms with van der Waals surface area (Å²) >= 11 is 0. The van der Waals surface area contributed by atoms with Crippen LogP contribution in [-0.2, 0) is 23.1 Å². The van der Waals surface area contributed by atoms with Crippen LogP contribution in [0.25, 0.3) is 0 Å². The summed E-state index contributed by atoms with van der Waals surface area (Å²) in [5.74, 6) is -0.104. The predicted molar refractivity (Wildman–Crippen MR) is 69.6 cm³/mol. The molecule has 0 saturated heterocycles. The van der Waals surface area contributed by atoms with Gasteiger partial charge in [0.05, 0.1) is 17.6 Å². The van der Waals surface area contributed by atoms with Gasteiger partial charge in [0, 0.05) is 18.2 Å². The molecule has 2 rings (SSSR count). The molecular formula is C12H14FN3O3S. The Kier molecular flexibility index (Phi) is 4.17. The van der Waals surface area contributed by atoms with Crippen LogP contribution in [0.15, 0.2) is 33.8 Å². The normalized spacial score (nSPS) is 11.8. The lowest BCUT2D eigenvalue weighted by atomic mass is 10.1. The van der Waals surface area contributed by atoms with Crippen molar-refractivity contribution < 1.29 is 17.3 Å². The molecule has 0 spiro atoms. The molecule has 3 N–H and O–H groups in total. The molecule has 0 bridgehead atoms. The van der Waals surface area contributed by atoms with Gasteiger partial charge < -0.3 is 10.3 Å². The van der Waals surface area contributed by atoms with Crippen molar-refractivity contribution in [2.75, 3.05) is 0 Å². The van der Waals surface area contributed by atoms with Crippen LogP contribution in [0.2, 0.25) is 0 Å². The van der Waals surface area contributed by atoms with E-state index in [2.05, 4.69) is 9.88 Å². The van der Waals surface area contributed by atoms with Gasteiger partial charge in [-0.05, 0) is 24.6 Å². The molecule has 0 aliphatic rings. The third kappa shape index (κ3) is 3.03. The zero-order valence-electron chi connectivity index (χ0n) is 10.8. The number of hydrogen-bond acceptors (Lipinski definition) is 5. The van der Waals surface area contributed by atoms with E-state index in [1.807, 2.05) is 0 Å². The highest BCUT2D eigenvalue weighted by Gasteiger charge is 2.18. The van der Waals surface area contributed by atoms with Gasteiger partial charge in [-0.25, -0.2) is 17.5 Å². The highest BCUT2D eigenvalue weighted by atomic mass is 32.2. The Labute approximate surface area is 115 Å². The first-order chi connectivity index (χ1) is 9.44. The summed E-state index contributed by atoms with van der Waals surface area (Å²) in [4.78, 5) is -0.0311. The van der Waals surface area contributed by atoms with Crippen LogP contribution in [-0.4, -0.2) is 13.6 Å². The Bertz CT molecular complexity index is 699. The van der Waals surface area contributed by atoms with E-state index in [4.69, 9.17) is 10.3 Å². The standard InChI is InChI=1S/C12H14FN3O3S/c1-8-4-11(5-9(6-14)12(8)13)20(17,18)16-7-10-2-3-15-19-10/h2-5,16H,6-7,14H2,1H3. The minimum absolute atomic E-state index is 0.0310. The van der Waals surface area contributed by atoms with E-state index in [0.717, 1.165) is 0 Å². The van der Waals surface area contributed by atoms with Gasteiger partial charge in [-0.2, -0.15) is 0 Å². The second-order valence-corrected chi connectivity index (χ2v) is 5.99. The fourth-order valence-corrected chi connectivity index (χ4v) is 2.82. The summed E-state index contributed by atoms with van der Waals surface area (Å²) < 4.78 is 45.1. The number of sulfonamides is 1. The van der Waals surface area contributed by atoms with Crippen molar-refractivity contribution in [2.24, 2.45) is 5.73 Å². The number of benzene rings is 1. The quantitative estimate of drug-likeness (QED) is 0.860. The van der Waals surface area contributed by atoms with Crippen molar-refractivity contribution in [3.05, 3.63) is 47.1 Å². The first kappa shape index (κ1) is 14.6. The molecule has 6 nitrogen and oxygen atoms in total. The number of halogens is 1. The second kappa shape index (κ2) is 5.70. The van der Waals surface area contributed by atoms with Crippen LogP contribution in [0.4, 0.5) is 4.39 Å². The highest BCUT2D eigenvalue weighted by molar-refractivity contribution is 7.89. The van der Waals surface area contributed by atoms with E-state index >= 15 is 0 Å². The highest BCUT2D eigenvalue weighted by Crippen LogP contribution is 2.19. The number of nitrogens with two attached hydrogens (primary N) is 1. The molecule has 1 aromatic heterocycles. The number of rotatable bonds is 5. The largest absolute Gasteiger partial charge is 0.360 e. The lowest BCUT2D eigenvalue weighted by Crippen LogP contribution is -2.23. The Morgan fingerprint density at radius 1 is 1.45 bits per heavy atom. The molecule has 0 radical (unpaired) electrons. The van der Waals surface area contributed by atoms with Gasteiger partial charge >= 0.3 is 0 Å². The van der Waals surface area contributed by atoms with E-state index in [9.17, 15) is 12.8 Å². The van der Waals surface area contributed by atoms with E-state index in [-0.39, 0.29) is 29.1 Å². The van der Waals surface area contributed by atoms with E-state index in [0.29, 0.717) is 5.76 Å². The van der Waals surface area contributed by atoms with Gasteiger partial charge in [0.2, 0.25) is 10.0 Å². The van der Waals surface area contributed by atoms with Crippen molar-refractivity contribution in [3.8, 4) is 0 Å². The SMILES string of the molecule is Cc1cc(S(=O)(=O)NCc2ccno2)cc(CN)c1F. The van der Waals surface area contributed by atoms with Crippen molar-refractivity contribution in [3.63, 3.8) is 0 Å². The Balaban J connectivity index is 2.27. The van der Waals surface area contributed by atoms with E-state index in [1.54, 1.807) is 6.07 Å². The van der Waals surface area contributed by atoms with E-state index < -0.39 is 15.8 Å². The van der Waals surface area contributed by atoms with Gasteiger partial charge in [-0.1, -0.05) is 5.16 Å². The molecule has 0 unspecified atom stereocenters. The number of hydrogen-bond donors (Lipinski definition) is 2. The second-order valence-electron chi connectivity index (χ2n) is 4.22. The van der Waals surface area contributed by atoms with Gasteiger partial charge in [0.15, 0.2) is 5.76 Å². The number of nitrogens with one attached hydrogen (secondary N) is 1. The first-order valence-electron chi connectivity index (χ1n) is 5.82. The van der Waals surface area contributed by atoms with Crippen LogP contribution < -0.4 is 10.5 Å². The maximum atomic E-state index is 13.7. The van der Waals surface area contributed by atoms with Crippen molar-refractivity contribution in [1.29, 1.82) is 0 Å². The third-order valence-electron chi connectivity index (χ3n) is 2.76. The molecule has 8 heteroatoms. The van der Waals surface area contributed by atoms with Crippen molar-refractivity contribution in [1.82, 2.24) is 9.88 Å². The summed E-state index contributed by atoms with van der Waals surface area (Å²) in [5, 5.41) is 3.47. The molecule has 0 saturated carbocycles. The van der Waals surface area contributed by atoms with Gasteiger partial charge in [-0.3, -0.25) is 0 Å². The molecule has 20 heavy (non-hydrogen) atoms. The van der Waals surface area contributed by atoms with Crippen LogP contribution in [0.3, 0.4) is 0 Å². The lowest BCUT2D eigenvalue weighted by molar-refractivity contribution is 0.380. The molecule has 2 aromatic rings. The minimum Gasteiger partial charge on any atom is -0.360 e. The van der Waals surface area contributed by atoms with Crippen LogP contribution in [0, 0.1) is 12.7 Å². The molecular weight excluding hydrogens is 285 g/mol. The van der Waals surface area contributed by atoms with Crippen molar-refractivity contribution >= 4 is 10.0 Å². The topological polar surface area (TPSA) is 98.2 Å². The zero-order chi connectivity index (χ0) is 14.8. The fraction of sp³-hybridized carbons (Fsp3) is 0.250. The summed E-state index contributed by atoms with van der Waals surface area (Å²) in [6.45, 7) is 1.39. The number of aromatic nitrogens is 1. The average Bonchev–Trinajstić information content (AvgIpc) is 2.92. The Morgan fingerprint density at radius 2 is 2.20 bits per heavy atom. The maximum absolute atomic E-state index is 13.7. The molecule has 0 fully saturated rings. The summed E-state index contributed by atoms with van der Waals surface area (Å²) in [6.07, 6.45) is 1.41. The Hall–Kier alpha value is -1.77. The fourth-order valence-electron chi connectivity index (χ4n) is 1.69. The maximum Gasteiger partial charge on any atom is 0.241 e. The van der Waals surface area contributed by atoms with E-state index in [1.165, 1.54) is 25.3 Å². The van der Waals surface area contributed by atoms with Crippen molar-refractivity contribution in [2.45, 2.75) is 24.9 Å². The molecule has 0 amide bonds. The summed E-state index contributed by atoms with van der Waals surface area (Å²) in [6, 6.07) is 4.03. The average molecular weight is 299 g/mol. The first-order valence-corrected chi connectivity index (χ1v) is 7.30. The Morgan fingerprint density at radius 3 is 2.80 bits per heavy atom. The molecule has 0 aliphatic heterocycles. The smallest absolute Gasteiger partial charge is 0.241 e. The molecule has 1 heterocycles. The van der Waals surface area contributed by atoms with Gasteiger partial charge in [-0.15, -0.1) is 0 Å². The number of aryl methyl sites for hydroxylation is 1. The molecule has 1 aromatic carbocycles. The predicted octanol–water partition coefficient (Wildman–Crippen LogP) is 1.06. The van der Waals surface area contributed by atoms with Crippen LogP contribution in [0.1, 0.15) is 16.9 Å². The number of nitrogens with zero attached hydrogens (tertiary/aromatic N) is 1. The van der Waals surface area contributed by atoms with Gasteiger partial charge in [0.25, 0.3) is 0 Å². The van der Waals surface area contributed by atoms with Gasteiger partial charge in [0.1, 0.15) is 5.82 Å². The zero-order valence-corrected chi connectivity index (χ0v) is 11.6. The molecule has 0 aliphatic carbocycles. The lowest BCUT2D eigenvalue weighted by Gasteiger charge is -2.09. The minimum atomic E-state index is -3.77. The van der Waals surface area contributed by atoms with Crippen LogP contribution >= 0.6 is 0 Å². The summed E-state index contributed by atoms with van der Waals surface area (Å²) in [7, 11) is -3.77. The third-order valence-corrected chi connectivity index (χ3v) is 4.14. The molecule has 0 atom stereocenters. The monoisotopic (exact) mass is 299 g/mol.